The van der Waals surface area contributed by atoms with E-state index in [1.54, 1.807) is 25.3 Å². The Morgan fingerprint density at radius 1 is 1.08 bits per heavy atom. The van der Waals surface area contributed by atoms with Crippen molar-refractivity contribution in [1.29, 1.82) is 0 Å². The number of aromatic nitrogens is 1. The van der Waals surface area contributed by atoms with Crippen LogP contribution in [0.15, 0.2) is 53.9 Å². The quantitative estimate of drug-likeness (QED) is 0.760. The van der Waals surface area contributed by atoms with E-state index in [4.69, 9.17) is 9.47 Å². The summed E-state index contributed by atoms with van der Waals surface area (Å²) in [5.74, 6) is 1.04. The maximum absolute atomic E-state index is 12.4. The number of rotatable bonds is 5. The zero-order valence-electron chi connectivity index (χ0n) is 13.3. The molecular formula is C18H16N2O3S. The molecule has 1 N–H and O–H groups in total. The Morgan fingerprint density at radius 3 is 2.71 bits per heavy atom. The summed E-state index contributed by atoms with van der Waals surface area (Å²) in [5.41, 5.74) is 2.19. The van der Waals surface area contributed by atoms with Crippen LogP contribution < -0.4 is 14.8 Å². The molecule has 0 aliphatic heterocycles. The van der Waals surface area contributed by atoms with Gasteiger partial charge in [0.1, 0.15) is 11.5 Å². The van der Waals surface area contributed by atoms with Crippen molar-refractivity contribution in [3.63, 3.8) is 0 Å². The second-order valence-corrected chi connectivity index (χ2v) is 5.78. The minimum Gasteiger partial charge on any atom is -0.497 e. The van der Waals surface area contributed by atoms with Gasteiger partial charge >= 0.3 is 0 Å². The molecule has 1 aromatic heterocycles. The Kier molecular flexibility index (Phi) is 4.77. The van der Waals surface area contributed by atoms with Gasteiger partial charge in [-0.25, -0.2) is 4.98 Å². The summed E-state index contributed by atoms with van der Waals surface area (Å²) in [6.07, 6.45) is 0. The van der Waals surface area contributed by atoms with Gasteiger partial charge in [0, 0.05) is 10.9 Å². The lowest BCUT2D eigenvalue weighted by Crippen LogP contribution is -2.12. The van der Waals surface area contributed by atoms with Gasteiger partial charge < -0.3 is 9.47 Å². The Balaban J connectivity index is 1.79. The number of methoxy groups -OCH3 is 2. The average Bonchev–Trinajstić information content (AvgIpc) is 3.10. The molecule has 0 bridgehead atoms. The first-order chi connectivity index (χ1) is 11.7. The molecule has 0 saturated heterocycles. The molecule has 1 amide bonds. The van der Waals surface area contributed by atoms with Gasteiger partial charge in [0.25, 0.3) is 5.91 Å². The third-order valence-corrected chi connectivity index (χ3v) is 4.20. The van der Waals surface area contributed by atoms with E-state index in [9.17, 15) is 4.79 Å². The van der Waals surface area contributed by atoms with Crippen LogP contribution in [-0.2, 0) is 0 Å². The van der Waals surface area contributed by atoms with Gasteiger partial charge in [0.2, 0.25) is 0 Å². The molecule has 2 aromatic carbocycles. The van der Waals surface area contributed by atoms with Crippen molar-refractivity contribution in [1.82, 2.24) is 4.98 Å². The number of carbonyl (C=O) groups is 1. The lowest BCUT2D eigenvalue weighted by Gasteiger charge is -2.07. The van der Waals surface area contributed by atoms with Crippen molar-refractivity contribution in [2.24, 2.45) is 0 Å². The lowest BCUT2D eigenvalue weighted by molar-refractivity contribution is 0.102. The normalized spacial score (nSPS) is 10.2. The van der Waals surface area contributed by atoms with Crippen LogP contribution in [0.1, 0.15) is 10.4 Å². The van der Waals surface area contributed by atoms with Crippen LogP contribution in [0.3, 0.4) is 0 Å². The van der Waals surface area contributed by atoms with Gasteiger partial charge in [-0.15, -0.1) is 11.3 Å². The highest BCUT2D eigenvalue weighted by molar-refractivity contribution is 7.14. The SMILES string of the molecule is COc1cccc(-c2csc(NC(=O)c3ccccc3OC)n2)c1. The smallest absolute Gasteiger partial charge is 0.261 e. The number of carbonyl (C=O) groups excluding carboxylic acids is 1. The predicted octanol–water partition coefficient (Wildman–Crippen LogP) is 4.08. The molecular weight excluding hydrogens is 324 g/mol. The van der Waals surface area contributed by atoms with Gasteiger partial charge in [0.15, 0.2) is 5.13 Å². The first kappa shape index (κ1) is 16.0. The molecule has 6 heteroatoms. The molecule has 3 aromatic rings. The highest BCUT2D eigenvalue weighted by Gasteiger charge is 2.14. The molecule has 1 heterocycles. The molecule has 0 saturated carbocycles. The number of ether oxygens (including phenoxy) is 2. The zero-order chi connectivity index (χ0) is 16.9. The van der Waals surface area contributed by atoms with Gasteiger partial charge in [-0.3, -0.25) is 10.1 Å². The summed E-state index contributed by atoms with van der Waals surface area (Å²) >= 11 is 1.37. The summed E-state index contributed by atoms with van der Waals surface area (Å²) in [6, 6.07) is 14.7. The number of hydrogen-bond donors (Lipinski definition) is 1. The Bertz CT molecular complexity index is 861. The number of benzene rings is 2. The molecule has 0 radical (unpaired) electrons. The van der Waals surface area contributed by atoms with E-state index in [0.29, 0.717) is 16.4 Å². The van der Waals surface area contributed by atoms with E-state index in [2.05, 4.69) is 10.3 Å². The Labute approximate surface area is 143 Å². The second kappa shape index (κ2) is 7.14. The number of nitrogens with one attached hydrogen (secondary N) is 1. The van der Waals surface area contributed by atoms with Crippen LogP contribution in [0.4, 0.5) is 5.13 Å². The highest BCUT2D eigenvalue weighted by Crippen LogP contribution is 2.28. The minimum atomic E-state index is -0.251. The summed E-state index contributed by atoms with van der Waals surface area (Å²) in [7, 11) is 3.16. The number of thiazole rings is 1. The van der Waals surface area contributed by atoms with Crippen molar-refractivity contribution in [3.05, 3.63) is 59.5 Å². The molecule has 0 aliphatic carbocycles. The predicted molar refractivity (Wildman–Crippen MR) is 95.0 cm³/mol. The van der Waals surface area contributed by atoms with Crippen LogP contribution in [0, 0.1) is 0 Å². The monoisotopic (exact) mass is 340 g/mol. The molecule has 0 atom stereocenters. The van der Waals surface area contributed by atoms with Crippen molar-refractivity contribution in [3.8, 4) is 22.8 Å². The number of para-hydroxylation sites is 1. The maximum Gasteiger partial charge on any atom is 0.261 e. The van der Waals surface area contributed by atoms with Gasteiger partial charge in [-0.05, 0) is 24.3 Å². The van der Waals surface area contributed by atoms with E-state index in [1.165, 1.54) is 18.4 Å². The Hall–Kier alpha value is -2.86. The minimum absolute atomic E-state index is 0.251. The summed E-state index contributed by atoms with van der Waals surface area (Å²) < 4.78 is 10.4. The fourth-order valence-electron chi connectivity index (χ4n) is 2.24. The summed E-state index contributed by atoms with van der Waals surface area (Å²) in [4.78, 5) is 16.9. The maximum atomic E-state index is 12.4. The topological polar surface area (TPSA) is 60.5 Å². The standard InChI is InChI=1S/C18H16N2O3S/c1-22-13-7-5-6-12(10-13)15-11-24-18(19-15)20-17(21)14-8-3-4-9-16(14)23-2/h3-11H,1-2H3,(H,19,20,21). The lowest BCUT2D eigenvalue weighted by atomic mass is 10.2. The highest BCUT2D eigenvalue weighted by atomic mass is 32.1. The largest absolute Gasteiger partial charge is 0.497 e. The molecule has 24 heavy (non-hydrogen) atoms. The molecule has 3 rings (SSSR count). The van der Waals surface area contributed by atoms with Crippen molar-refractivity contribution < 1.29 is 14.3 Å². The number of anilines is 1. The third kappa shape index (κ3) is 3.38. The summed E-state index contributed by atoms with van der Waals surface area (Å²) in [6.45, 7) is 0. The zero-order valence-corrected chi connectivity index (χ0v) is 14.1. The van der Waals surface area contributed by atoms with E-state index < -0.39 is 0 Å². The molecule has 0 fully saturated rings. The molecule has 0 aliphatic rings. The number of amides is 1. The van der Waals surface area contributed by atoms with Gasteiger partial charge in [-0.1, -0.05) is 24.3 Å². The van der Waals surface area contributed by atoms with Crippen LogP contribution in [-0.4, -0.2) is 25.1 Å². The van der Waals surface area contributed by atoms with Gasteiger partial charge in [-0.2, -0.15) is 0 Å². The van der Waals surface area contributed by atoms with Crippen molar-refractivity contribution in [2.45, 2.75) is 0 Å². The van der Waals surface area contributed by atoms with E-state index in [1.807, 2.05) is 35.7 Å². The van der Waals surface area contributed by atoms with E-state index in [-0.39, 0.29) is 5.91 Å². The third-order valence-electron chi connectivity index (χ3n) is 3.44. The van der Waals surface area contributed by atoms with Gasteiger partial charge in [0.05, 0.1) is 25.5 Å². The Morgan fingerprint density at radius 2 is 1.92 bits per heavy atom. The van der Waals surface area contributed by atoms with Crippen LogP contribution in [0.25, 0.3) is 11.3 Å². The first-order valence-corrected chi connectivity index (χ1v) is 8.13. The number of nitrogens with zero attached hydrogens (tertiary/aromatic N) is 1. The fourth-order valence-corrected chi connectivity index (χ4v) is 2.96. The van der Waals surface area contributed by atoms with Crippen molar-refractivity contribution >= 4 is 22.4 Å². The molecule has 5 nitrogen and oxygen atoms in total. The van der Waals surface area contributed by atoms with E-state index >= 15 is 0 Å². The fraction of sp³-hybridized carbons (Fsp3) is 0.111. The molecule has 122 valence electrons. The van der Waals surface area contributed by atoms with E-state index in [0.717, 1.165) is 17.0 Å². The second-order valence-electron chi connectivity index (χ2n) is 4.92. The van der Waals surface area contributed by atoms with Crippen molar-refractivity contribution in [2.75, 3.05) is 19.5 Å². The van der Waals surface area contributed by atoms with Crippen LogP contribution in [0.2, 0.25) is 0 Å². The van der Waals surface area contributed by atoms with Crippen LogP contribution in [0.5, 0.6) is 11.5 Å². The molecule has 0 unspecified atom stereocenters. The summed E-state index contributed by atoms with van der Waals surface area (Å²) in [5, 5.41) is 5.24. The van der Waals surface area contributed by atoms with Crippen LogP contribution >= 0.6 is 11.3 Å². The average molecular weight is 340 g/mol. The molecule has 0 spiro atoms. The number of hydrogen-bond acceptors (Lipinski definition) is 5. The first-order valence-electron chi connectivity index (χ1n) is 7.25.